The van der Waals surface area contributed by atoms with Crippen molar-refractivity contribution < 1.29 is 0 Å². The summed E-state index contributed by atoms with van der Waals surface area (Å²) in [6.45, 7) is -2.24. The second-order valence-electron chi connectivity index (χ2n) is 5.60. The van der Waals surface area contributed by atoms with Gasteiger partial charge in [0, 0.05) is 28.2 Å². The van der Waals surface area contributed by atoms with Gasteiger partial charge in [0.1, 0.15) is 18.6 Å². The molecule has 9 heteroatoms. The second kappa shape index (κ2) is 7.59. The summed E-state index contributed by atoms with van der Waals surface area (Å²) in [5.74, 6) is 0. The molecule has 0 fully saturated rings. The second-order valence-corrected chi connectivity index (χ2v) is 15.4. The molecule has 0 rings (SSSR count). The van der Waals surface area contributed by atoms with Crippen LogP contribution in [0.15, 0.2) is 0 Å². The maximum absolute atomic E-state index is 7.02. The molecule has 0 aromatic rings. The Labute approximate surface area is 135 Å². The number of hydrogen-bond acceptors (Lipinski definition) is 5. The zero-order valence-corrected chi connectivity index (χ0v) is 17.7. The van der Waals surface area contributed by atoms with Crippen LogP contribution in [0.1, 0.15) is 0 Å². The lowest BCUT2D eigenvalue weighted by molar-refractivity contribution is 0.483. The van der Waals surface area contributed by atoms with E-state index in [2.05, 4.69) is 56.3 Å². The Kier molecular flexibility index (Phi) is 8.01. The fourth-order valence-electron chi connectivity index (χ4n) is 2.43. The van der Waals surface area contributed by atoms with Crippen LogP contribution in [0, 0.1) is 0 Å². The van der Waals surface area contributed by atoms with Crippen LogP contribution in [0.5, 0.6) is 0 Å². The fourth-order valence-corrected chi connectivity index (χ4v) is 14.2. The summed E-state index contributed by atoms with van der Waals surface area (Å²) in [6.07, 6.45) is 0. The molecule has 0 atom stereocenters. The Balaban J connectivity index is 6.64. The smallest absolute Gasteiger partial charge is 0.262 e. The number of hydrogen-bond donors (Lipinski definition) is 0. The topological polar surface area (TPSA) is 16.2 Å². The van der Waals surface area contributed by atoms with Crippen LogP contribution >= 0.6 is 37.1 Å². The molecule has 0 aliphatic carbocycles. The molecule has 20 heavy (non-hydrogen) atoms. The van der Waals surface area contributed by atoms with E-state index in [1.165, 1.54) is 0 Å². The summed E-state index contributed by atoms with van der Waals surface area (Å²) in [4.78, 5) is 0. The van der Waals surface area contributed by atoms with E-state index in [9.17, 15) is 0 Å². The van der Waals surface area contributed by atoms with Gasteiger partial charge >= 0.3 is 6.92 Å². The molecule has 0 bridgehead atoms. The Hall–Kier alpha value is 1.11. The van der Waals surface area contributed by atoms with E-state index < -0.39 is 14.3 Å². The minimum atomic E-state index is -2.24. The van der Waals surface area contributed by atoms with Gasteiger partial charge in [0.05, 0.1) is 0 Å². The average molecular weight is 365 g/mol. The van der Waals surface area contributed by atoms with Crippen molar-refractivity contribution in [3.05, 3.63) is 0 Å². The first-order chi connectivity index (χ1) is 8.87. The lowest BCUT2D eigenvalue weighted by Gasteiger charge is -2.44. The predicted molar refractivity (Wildman–Crippen MR) is 99.0 cm³/mol. The highest BCUT2D eigenvalue weighted by Crippen LogP contribution is 2.76. The van der Waals surface area contributed by atoms with Gasteiger partial charge in [0.25, 0.3) is 0 Å². The first-order valence-electron chi connectivity index (χ1n) is 6.28. The highest BCUT2D eigenvalue weighted by atomic mass is 35.7. The minimum Gasteiger partial charge on any atom is -0.262 e. The molecular weight excluding hydrogens is 335 g/mol. The van der Waals surface area contributed by atoms with Gasteiger partial charge in [-0.25, -0.2) is 0 Å². The Morgan fingerprint density at radius 3 is 1.10 bits per heavy atom. The fraction of sp³-hybridized carbons (Fsp3) is 0.909. The molecule has 0 radical (unpaired) electrons. The number of halogens is 2. The maximum atomic E-state index is 7.02. The lowest BCUT2D eigenvalue weighted by Crippen LogP contribution is -2.37. The molecule has 0 spiro atoms. The van der Waals surface area contributed by atoms with E-state index in [1.807, 2.05) is 37.5 Å². The minimum absolute atomic E-state index is 0.821. The third-order valence-corrected chi connectivity index (χ3v) is 15.6. The van der Waals surface area contributed by atoms with Gasteiger partial charge in [-0.3, -0.25) is 14.0 Å². The highest BCUT2D eigenvalue weighted by molar-refractivity contribution is 8.17. The molecule has 0 saturated heterocycles. The van der Waals surface area contributed by atoms with Crippen LogP contribution in [0.3, 0.4) is 0 Å². The maximum Gasteiger partial charge on any atom is 0.302 e. The summed E-state index contributed by atoms with van der Waals surface area (Å²) in [5.41, 5.74) is 0. The third kappa shape index (κ3) is 3.37. The molecule has 122 valence electrons. The molecular formula is C11H30Cl2N5P2+. The zero-order chi connectivity index (χ0) is 16.5. The Morgan fingerprint density at radius 1 is 0.700 bits per heavy atom. The summed E-state index contributed by atoms with van der Waals surface area (Å²) >= 11 is 14.0. The van der Waals surface area contributed by atoms with E-state index >= 15 is 0 Å². The van der Waals surface area contributed by atoms with Crippen molar-refractivity contribution in [2.24, 2.45) is 0 Å². The molecule has 5 nitrogen and oxygen atoms in total. The monoisotopic (exact) mass is 364 g/mol. The molecule has 0 aromatic carbocycles. The van der Waals surface area contributed by atoms with Crippen molar-refractivity contribution in [2.75, 3.05) is 70.5 Å². The summed E-state index contributed by atoms with van der Waals surface area (Å²) in [7, 11) is 18.3. The molecule has 0 aliphatic heterocycles. The van der Waals surface area contributed by atoms with Crippen LogP contribution in [0.4, 0.5) is 0 Å². The van der Waals surface area contributed by atoms with E-state index in [0.29, 0.717) is 0 Å². The van der Waals surface area contributed by atoms with Crippen LogP contribution in [0.2, 0.25) is 0 Å². The van der Waals surface area contributed by atoms with E-state index in [0.717, 1.165) is 4.49 Å². The van der Waals surface area contributed by atoms with Gasteiger partial charge in [-0.05, 0) is 53.9 Å². The average Bonchev–Trinajstić information content (AvgIpc) is 2.25. The molecule has 0 N–H and O–H groups in total. The summed E-state index contributed by atoms with van der Waals surface area (Å²) < 4.78 is 11.5. The zero-order valence-electron chi connectivity index (χ0n) is 14.4. The van der Waals surface area contributed by atoms with Crippen molar-refractivity contribution in [2.45, 2.75) is 0 Å². The van der Waals surface area contributed by atoms with Gasteiger partial charge in [-0.2, -0.15) is 0 Å². The van der Waals surface area contributed by atoms with Gasteiger partial charge in [-0.1, -0.05) is 0 Å². The van der Waals surface area contributed by atoms with E-state index in [1.54, 1.807) is 0 Å². The number of rotatable bonds is 6. The largest absolute Gasteiger partial charge is 0.302 e. The van der Waals surface area contributed by atoms with Crippen LogP contribution in [-0.2, 0) is 0 Å². The van der Waals surface area contributed by atoms with Gasteiger partial charge in [-0.15, -0.1) is 9.34 Å². The standard InChI is InChI=1S/C11H30Cl2N5P2/c1-14(2)19(13,15(3)4)11(12)20(16(5)6,17(7)8)18(9)10/h1-10H3/q+1. The molecule has 0 unspecified atom stereocenters. The summed E-state index contributed by atoms with van der Waals surface area (Å²) in [6, 6.07) is 0. The molecule has 0 aliphatic rings. The first-order valence-corrected chi connectivity index (χ1v) is 10.9. The van der Waals surface area contributed by atoms with Crippen molar-refractivity contribution in [3.8, 4) is 0 Å². The highest BCUT2D eigenvalue weighted by Gasteiger charge is 2.54. The van der Waals surface area contributed by atoms with Crippen molar-refractivity contribution in [1.82, 2.24) is 23.4 Å². The van der Waals surface area contributed by atoms with Crippen molar-refractivity contribution in [1.29, 1.82) is 0 Å². The van der Waals surface area contributed by atoms with Crippen molar-refractivity contribution >= 4 is 41.6 Å². The molecule has 0 heterocycles. The Bertz CT molecular complexity index is 346. The van der Waals surface area contributed by atoms with Crippen LogP contribution < -0.4 is 0 Å². The lowest BCUT2D eigenvalue weighted by atomic mass is 11.2. The quantitative estimate of drug-likeness (QED) is 0.671. The van der Waals surface area contributed by atoms with Gasteiger partial charge in [0.15, 0.2) is 0 Å². The SMILES string of the molecule is CN(C)P(=C(Cl)[P+](Cl)(N(C)C)N(C)C)(N(C)C)N(C)C. The van der Waals surface area contributed by atoms with Crippen molar-refractivity contribution in [3.63, 3.8) is 0 Å². The molecule has 0 saturated carbocycles. The molecule has 0 amide bonds. The van der Waals surface area contributed by atoms with E-state index in [4.69, 9.17) is 22.8 Å². The molecule has 0 aromatic heterocycles. The van der Waals surface area contributed by atoms with E-state index in [-0.39, 0.29) is 0 Å². The predicted octanol–water partition coefficient (Wildman–Crippen LogP) is 2.88. The van der Waals surface area contributed by atoms with Crippen LogP contribution in [-0.4, -0.2) is 98.3 Å². The normalized spacial score (nSPS) is 14.2. The third-order valence-electron chi connectivity index (χ3n) is 3.22. The summed E-state index contributed by atoms with van der Waals surface area (Å²) in [5, 5.41) is 0. The first kappa shape index (κ1) is 21.1. The number of nitrogens with zero attached hydrogens (tertiary/aromatic N) is 5. The van der Waals surface area contributed by atoms with Gasteiger partial charge < -0.3 is 0 Å². The van der Waals surface area contributed by atoms with Gasteiger partial charge in [0.2, 0.25) is 4.49 Å². The Morgan fingerprint density at radius 2 is 0.950 bits per heavy atom. The van der Waals surface area contributed by atoms with Crippen LogP contribution in [0.25, 0.3) is 0 Å².